The van der Waals surface area contributed by atoms with Crippen LogP contribution in [0.4, 0.5) is 10.5 Å². The highest BCUT2D eigenvalue weighted by atomic mass is 32.2. The summed E-state index contributed by atoms with van der Waals surface area (Å²) in [6, 6.07) is 5.73. The van der Waals surface area contributed by atoms with Gasteiger partial charge in [0.15, 0.2) is 0 Å². The van der Waals surface area contributed by atoms with Crippen molar-refractivity contribution in [1.29, 1.82) is 0 Å². The molecule has 2 amide bonds. The number of hydrogen-bond acceptors (Lipinski definition) is 6. The van der Waals surface area contributed by atoms with E-state index in [0.717, 1.165) is 54.9 Å². The molecule has 2 fully saturated rings. The Kier molecular flexibility index (Phi) is 4.35. The van der Waals surface area contributed by atoms with E-state index in [-0.39, 0.29) is 11.1 Å². The molecule has 2 aliphatic rings. The second kappa shape index (κ2) is 6.41. The van der Waals surface area contributed by atoms with E-state index in [1.807, 2.05) is 18.2 Å². The van der Waals surface area contributed by atoms with Crippen LogP contribution >= 0.6 is 11.8 Å². The smallest absolute Gasteiger partial charge is 0.290 e. The van der Waals surface area contributed by atoms with Gasteiger partial charge < -0.3 is 15.0 Å². The van der Waals surface area contributed by atoms with Crippen LogP contribution in [0.2, 0.25) is 0 Å². The predicted molar refractivity (Wildman–Crippen MR) is 87.2 cm³/mol. The van der Waals surface area contributed by atoms with Crippen molar-refractivity contribution in [3.8, 4) is 5.75 Å². The lowest BCUT2D eigenvalue weighted by atomic mass is 10.1. The second-order valence-electron chi connectivity index (χ2n) is 4.99. The van der Waals surface area contributed by atoms with Gasteiger partial charge in [-0.05, 0) is 23.9 Å². The molecule has 2 N–H and O–H groups in total. The number of anilines is 1. The molecule has 6 nitrogen and oxygen atoms in total. The normalized spacial score (nSPS) is 20.4. The van der Waals surface area contributed by atoms with Gasteiger partial charge in [0.05, 0.1) is 17.7 Å². The van der Waals surface area contributed by atoms with Crippen LogP contribution in [0.1, 0.15) is 5.56 Å². The van der Waals surface area contributed by atoms with E-state index in [1.54, 1.807) is 13.2 Å². The third kappa shape index (κ3) is 2.95. The average molecular weight is 319 g/mol. The number of imide groups is 1. The minimum Gasteiger partial charge on any atom is -0.495 e. The summed E-state index contributed by atoms with van der Waals surface area (Å²) in [5.74, 6) is 0.426. The van der Waals surface area contributed by atoms with Crippen molar-refractivity contribution < 1.29 is 14.3 Å². The number of methoxy groups -OCH3 is 1. The van der Waals surface area contributed by atoms with E-state index in [9.17, 15) is 9.59 Å². The summed E-state index contributed by atoms with van der Waals surface area (Å²) in [7, 11) is 1.64. The van der Waals surface area contributed by atoms with Gasteiger partial charge in [0.25, 0.3) is 11.1 Å². The summed E-state index contributed by atoms with van der Waals surface area (Å²) in [4.78, 5) is 25.7. The molecule has 1 aromatic rings. The number of piperazine rings is 1. The molecule has 7 heteroatoms. The number of ether oxygens (including phenoxy) is 1. The molecular formula is C15H17N3O3S. The van der Waals surface area contributed by atoms with Crippen LogP contribution in [0.15, 0.2) is 23.1 Å². The van der Waals surface area contributed by atoms with E-state index in [1.165, 1.54) is 0 Å². The Labute approximate surface area is 132 Å². The Hall–Kier alpha value is -1.99. The molecule has 2 saturated heterocycles. The van der Waals surface area contributed by atoms with E-state index in [2.05, 4.69) is 15.5 Å². The van der Waals surface area contributed by atoms with Gasteiger partial charge in [-0.1, -0.05) is 12.1 Å². The van der Waals surface area contributed by atoms with Gasteiger partial charge in [-0.25, -0.2) is 0 Å². The Morgan fingerprint density at radius 2 is 2.05 bits per heavy atom. The molecular weight excluding hydrogens is 302 g/mol. The Balaban J connectivity index is 2.01. The van der Waals surface area contributed by atoms with E-state index in [0.29, 0.717) is 4.91 Å². The van der Waals surface area contributed by atoms with Gasteiger partial charge in [-0.15, -0.1) is 0 Å². The van der Waals surface area contributed by atoms with Gasteiger partial charge in [0.2, 0.25) is 0 Å². The van der Waals surface area contributed by atoms with E-state index >= 15 is 0 Å². The fourth-order valence-corrected chi connectivity index (χ4v) is 3.28. The molecule has 2 heterocycles. The van der Waals surface area contributed by atoms with E-state index in [4.69, 9.17) is 4.74 Å². The van der Waals surface area contributed by atoms with Gasteiger partial charge in [-0.3, -0.25) is 14.9 Å². The number of thioether (sulfide) groups is 1. The highest BCUT2D eigenvalue weighted by Crippen LogP contribution is 2.36. The largest absolute Gasteiger partial charge is 0.495 e. The fraction of sp³-hybridized carbons (Fsp3) is 0.333. The Morgan fingerprint density at radius 3 is 2.68 bits per heavy atom. The van der Waals surface area contributed by atoms with Crippen LogP contribution < -0.4 is 20.3 Å². The highest BCUT2D eigenvalue weighted by Gasteiger charge is 2.26. The number of nitrogens with one attached hydrogen (secondary N) is 2. The first-order valence-corrected chi connectivity index (χ1v) is 7.88. The second-order valence-corrected chi connectivity index (χ2v) is 6.00. The number of rotatable bonds is 3. The number of nitrogens with zero attached hydrogens (tertiary/aromatic N) is 1. The zero-order chi connectivity index (χ0) is 15.5. The SMILES string of the molecule is COc1cccc(C=C2SC(=O)NC2=O)c1N1CCNCC1. The molecule has 22 heavy (non-hydrogen) atoms. The number of carbonyl (C=O) groups excluding carboxylic acids is 2. The molecule has 3 rings (SSSR count). The predicted octanol–water partition coefficient (Wildman–Crippen LogP) is 1.43. The topological polar surface area (TPSA) is 70.7 Å². The van der Waals surface area contributed by atoms with Crippen LogP contribution in [0, 0.1) is 0 Å². The lowest BCUT2D eigenvalue weighted by Gasteiger charge is -2.31. The van der Waals surface area contributed by atoms with Crippen LogP contribution in [0.3, 0.4) is 0 Å². The fourth-order valence-electron chi connectivity index (χ4n) is 2.61. The maximum Gasteiger partial charge on any atom is 0.290 e. The van der Waals surface area contributed by atoms with Crippen molar-refractivity contribution in [2.24, 2.45) is 0 Å². The van der Waals surface area contributed by atoms with Crippen molar-refractivity contribution >= 4 is 34.7 Å². The number of benzene rings is 1. The molecule has 1 aromatic carbocycles. The molecule has 0 atom stereocenters. The van der Waals surface area contributed by atoms with Crippen molar-refractivity contribution in [3.05, 3.63) is 28.7 Å². The summed E-state index contributed by atoms with van der Waals surface area (Å²) in [6.07, 6.45) is 1.75. The van der Waals surface area contributed by atoms with Crippen molar-refractivity contribution in [2.75, 3.05) is 38.2 Å². The third-order valence-corrected chi connectivity index (χ3v) is 4.42. The molecule has 0 radical (unpaired) electrons. The minimum absolute atomic E-state index is 0.331. The molecule has 0 spiro atoms. The number of para-hydroxylation sites is 1. The molecule has 116 valence electrons. The first kappa shape index (κ1) is 14.9. The molecule has 0 saturated carbocycles. The number of hydrogen-bond donors (Lipinski definition) is 2. The number of amides is 2. The first-order valence-electron chi connectivity index (χ1n) is 7.06. The summed E-state index contributed by atoms with van der Waals surface area (Å²) < 4.78 is 5.49. The molecule has 2 aliphatic heterocycles. The van der Waals surface area contributed by atoms with Crippen molar-refractivity contribution in [3.63, 3.8) is 0 Å². The lowest BCUT2D eigenvalue weighted by molar-refractivity contribution is -0.115. The van der Waals surface area contributed by atoms with Gasteiger partial charge in [0, 0.05) is 31.7 Å². The van der Waals surface area contributed by atoms with Crippen LogP contribution in [-0.4, -0.2) is 44.4 Å². The van der Waals surface area contributed by atoms with E-state index < -0.39 is 0 Å². The monoisotopic (exact) mass is 319 g/mol. The van der Waals surface area contributed by atoms with Crippen LogP contribution in [0.25, 0.3) is 6.08 Å². The molecule has 0 unspecified atom stereocenters. The minimum atomic E-state index is -0.343. The maximum atomic E-state index is 11.8. The molecule has 0 aromatic heterocycles. The molecule has 0 aliphatic carbocycles. The summed E-state index contributed by atoms with van der Waals surface area (Å²) in [5.41, 5.74) is 1.85. The summed E-state index contributed by atoms with van der Waals surface area (Å²) >= 11 is 0.927. The average Bonchev–Trinajstić information content (AvgIpc) is 2.85. The van der Waals surface area contributed by atoms with Gasteiger partial charge >= 0.3 is 0 Å². The number of carbonyl (C=O) groups is 2. The Morgan fingerprint density at radius 1 is 1.27 bits per heavy atom. The zero-order valence-electron chi connectivity index (χ0n) is 12.2. The highest BCUT2D eigenvalue weighted by molar-refractivity contribution is 8.18. The van der Waals surface area contributed by atoms with Crippen LogP contribution in [0.5, 0.6) is 5.75 Å². The standard InChI is InChI=1S/C15H17N3O3S/c1-21-11-4-2-3-10(9-12-14(19)17-15(20)22-12)13(11)18-7-5-16-6-8-18/h2-4,9,16H,5-8H2,1H3,(H,17,19,20). The summed E-state index contributed by atoms with van der Waals surface area (Å²) in [5, 5.41) is 5.26. The van der Waals surface area contributed by atoms with Gasteiger partial charge in [-0.2, -0.15) is 0 Å². The molecule has 0 bridgehead atoms. The lowest BCUT2D eigenvalue weighted by Crippen LogP contribution is -2.43. The summed E-state index contributed by atoms with van der Waals surface area (Å²) in [6.45, 7) is 3.55. The first-order chi connectivity index (χ1) is 10.7. The van der Waals surface area contributed by atoms with Crippen LogP contribution in [-0.2, 0) is 4.79 Å². The quantitative estimate of drug-likeness (QED) is 0.821. The van der Waals surface area contributed by atoms with Crippen molar-refractivity contribution in [2.45, 2.75) is 0 Å². The Bertz CT molecular complexity index is 639. The van der Waals surface area contributed by atoms with Gasteiger partial charge in [0.1, 0.15) is 5.75 Å². The maximum absolute atomic E-state index is 11.8. The van der Waals surface area contributed by atoms with Crippen molar-refractivity contribution in [1.82, 2.24) is 10.6 Å². The zero-order valence-corrected chi connectivity index (χ0v) is 13.0. The third-order valence-electron chi connectivity index (χ3n) is 3.61.